The zero-order valence-electron chi connectivity index (χ0n) is 12.6. The monoisotopic (exact) mass is 294 g/mol. The van der Waals surface area contributed by atoms with Crippen molar-refractivity contribution in [2.75, 3.05) is 13.2 Å². The van der Waals surface area contributed by atoms with Crippen LogP contribution in [0.15, 0.2) is 37.0 Å². The summed E-state index contributed by atoms with van der Waals surface area (Å²) in [5.41, 5.74) is 0.606. The first kappa shape index (κ1) is 17.2. The molecule has 0 aromatic heterocycles. The predicted molar refractivity (Wildman–Crippen MR) is 78.6 cm³/mol. The molecule has 1 aliphatic heterocycles. The Kier molecular flexibility index (Phi) is 5.90. The molecule has 0 aromatic rings. The van der Waals surface area contributed by atoms with Crippen LogP contribution in [0.5, 0.6) is 0 Å². The average molecular weight is 294 g/mol. The Morgan fingerprint density at radius 1 is 1.24 bits per heavy atom. The van der Waals surface area contributed by atoms with Crippen LogP contribution in [-0.2, 0) is 23.8 Å². The largest absolute Gasteiger partial charge is 0.458 e. The van der Waals surface area contributed by atoms with E-state index in [9.17, 15) is 9.59 Å². The summed E-state index contributed by atoms with van der Waals surface area (Å²) < 4.78 is 15.0. The van der Waals surface area contributed by atoms with Crippen molar-refractivity contribution in [2.24, 2.45) is 0 Å². The van der Waals surface area contributed by atoms with Crippen molar-refractivity contribution < 1.29 is 23.8 Å². The first-order valence-electron chi connectivity index (χ1n) is 6.76. The van der Waals surface area contributed by atoms with E-state index < -0.39 is 0 Å². The van der Waals surface area contributed by atoms with Crippen molar-refractivity contribution in [3.8, 4) is 0 Å². The Balaban J connectivity index is 0.000000222. The first-order chi connectivity index (χ1) is 9.82. The summed E-state index contributed by atoms with van der Waals surface area (Å²) in [7, 11) is 0. The fourth-order valence-electron chi connectivity index (χ4n) is 1.49. The number of epoxide rings is 1. The van der Waals surface area contributed by atoms with Crippen LogP contribution in [0.4, 0.5) is 0 Å². The number of hydrogen-bond donors (Lipinski definition) is 0. The maximum atomic E-state index is 11.2. The molecule has 0 N–H and O–H groups in total. The number of esters is 2. The minimum Gasteiger partial charge on any atom is -0.458 e. The summed E-state index contributed by atoms with van der Waals surface area (Å²) in [5, 5.41) is 0. The predicted octanol–water partition coefficient (Wildman–Crippen LogP) is 2.33. The highest BCUT2D eigenvalue weighted by Gasteiger charge is 2.59. The molecular weight excluding hydrogens is 272 g/mol. The van der Waals surface area contributed by atoms with E-state index in [1.165, 1.54) is 6.08 Å². The van der Waals surface area contributed by atoms with Crippen LogP contribution in [0.3, 0.4) is 0 Å². The van der Waals surface area contributed by atoms with Gasteiger partial charge in [0.1, 0.15) is 18.3 Å². The lowest BCUT2D eigenvalue weighted by Crippen LogP contribution is -2.25. The fourth-order valence-corrected chi connectivity index (χ4v) is 1.49. The zero-order valence-corrected chi connectivity index (χ0v) is 12.6. The van der Waals surface area contributed by atoms with Gasteiger partial charge in [0, 0.05) is 11.1 Å². The molecule has 0 spiro atoms. The molecule has 1 saturated heterocycles. The molecule has 2 rings (SSSR count). The van der Waals surface area contributed by atoms with E-state index in [0.717, 1.165) is 19.4 Å². The highest BCUT2D eigenvalue weighted by atomic mass is 16.6. The number of rotatable bonds is 6. The van der Waals surface area contributed by atoms with E-state index in [1.54, 1.807) is 13.8 Å². The molecule has 1 unspecified atom stereocenters. The van der Waals surface area contributed by atoms with Gasteiger partial charge in [-0.3, -0.25) is 0 Å². The summed E-state index contributed by atoms with van der Waals surface area (Å²) >= 11 is 0. The molecular formula is C16H22O5. The Morgan fingerprint density at radius 3 is 2.10 bits per heavy atom. The normalized spacial score (nSPS) is 20.2. The van der Waals surface area contributed by atoms with Gasteiger partial charge in [0.2, 0.25) is 0 Å². The first-order valence-corrected chi connectivity index (χ1v) is 6.76. The van der Waals surface area contributed by atoms with Crippen molar-refractivity contribution >= 4 is 11.9 Å². The van der Waals surface area contributed by atoms with Crippen LogP contribution in [0.25, 0.3) is 0 Å². The number of carbonyl (C=O) groups excluding carboxylic acids is 2. The second-order valence-corrected chi connectivity index (χ2v) is 5.22. The molecule has 1 saturated carbocycles. The third-order valence-electron chi connectivity index (χ3n) is 2.99. The number of hydrogen-bond acceptors (Lipinski definition) is 5. The SMILES string of the molecule is C=C(C)C(=O)OC1(C2CO2)CC1.C=CCOC(=O)C(=C)C. The second-order valence-electron chi connectivity index (χ2n) is 5.22. The minimum absolute atomic E-state index is 0.167. The van der Waals surface area contributed by atoms with E-state index in [4.69, 9.17) is 9.47 Å². The van der Waals surface area contributed by atoms with Crippen LogP contribution >= 0.6 is 0 Å². The highest BCUT2D eigenvalue weighted by molar-refractivity contribution is 5.87. The summed E-state index contributed by atoms with van der Waals surface area (Å²) in [6.07, 6.45) is 3.56. The van der Waals surface area contributed by atoms with E-state index in [0.29, 0.717) is 11.1 Å². The highest BCUT2D eigenvalue weighted by Crippen LogP contribution is 2.48. The van der Waals surface area contributed by atoms with Gasteiger partial charge >= 0.3 is 11.9 Å². The van der Waals surface area contributed by atoms with Gasteiger partial charge in [0.15, 0.2) is 0 Å². The van der Waals surface area contributed by atoms with Crippen molar-refractivity contribution in [3.63, 3.8) is 0 Å². The lowest BCUT2D eigenvalue weighted by molar-refractivity contribution is -0.147. The maximum Gasteiger partial charge on any atom is 0.333 e. The third kappa shape index (κ3) is 5.55. The summed E-state index contributed by atoms with van der Waals surface area (Å²) in [6, 6.07) is 0. The lowest BCUT2D eigenvalue weighted by atomic mass is 10.2. The van der Waals surface area contributed by atoms with Gasteiger partial charge in [0.25, 0.3) is 0 Å². The van der Waals surface area contributed by atoms with Gasteiger partial charge in [0.05, 0.1) is 6.61 Å². The van der Waals surface area contributed by atoms with Crippen LogP contribution in [-0.4, -0.2) is 36.9 Å². The van der Waals surface area contributed by atoms with Crippen LogP contribution in [0.1, 0.15) is 26.7 Å². The Morgan fingerprint density at radius 2 is 1.76 bits per heavy atom. The Bertz CT molecular complexity index is 455. The van der Waals surface area contributed by atoms with E-state index in [1.807, 2.05) is 0 Å². The van der Waals surface area contributed by atoms with Gasteiger partial charge in [-0.15, -0.1) is 0 Å². The standard InChI is InChI=1S/C9H12O3.C7H10O2/c1-6(2)8(10)12-9(3-4-9)7-5-11-7;1-4-5-9-7(8)6(2)3/h7H,1,3-5H2,2H3;4H,1-2,5H2,3H3. The van der Waals surface area contributed by atoms with Crippen molar-refractivity contribution in [2.45, 2.75) is 38.4 Å². The summed E-state index contributed by atoms with van der Waals surface area (Å²) in [6.45, 7) is 14.6. The molecule has 1 atom stereocenters. The Labute approximate surface area is 125 Å². The summed E-state index contributed by atoms with van der Waals surface area (Å²) in [4.78, 5) is 21.7. The third-order valence-corrected chi connectivity index (χ3v) is 2.99. The summed E-state index contributed by atoms with van der Waals surface area (Å²) in [5.74, 6) is -0.655. The van der Waals surface area contributed by atoms with E-state index in [2.05, 4.69) is 24.5 Å². The number of carbonyl (C=O) groups is 2. The van der Waals surface area contributed by atoms with Crippen molar-refractivity contribution in [1.29, 1.82) is 0 Å². The minimum atomic E-state index is -0.366. The van der Waals surface area contributed by atoms with Crippen molar-refractivity contribution in [1.82, 2.24) is 0 Å². The van der Waals surface area contributed by atoms with Gasteiger partial charge in [-0.1, -0.05) is 25.8 Å². The fraction of sp³-hybridized carbons (Fsp3) is 0.500. The molecule has 1 heterocycles. The molecule has 0 aromatic carbocycles. The van der Waals surface area contributed by atoms with Crippen LogP contribution in [0.2, 0.25) is 0 Å². The molecule has 0 bridgehead atoms. The van der Waals surface area contributed by atoms with Crippen LogP contribution in [0, 0.1) is 0 Å². The molecule has 0 radical (unpaired) electrons. The topological polar surface area (TPSA) is 65.1 Å². The zero-order chi connectivity index (χ0) is 16.0. The molecule has 2 aliphatic rings. The van der Waals surface area contributed by atoms with Gasteiger partial charge in [-0.05, 0) is 26.7 Å². The van der Waals surface area contributed by atoms with E-state index in [-0.39, 0.29) is 30.3 Å². The molecule has 21 heavy (non-hydrogen) atoms. The lowest BCUT2D eigenvalue weighted by Gasteiger charge is -2.13. The van der Waals surface area contributed by atoms with Crippen LogP contribution < -0.4 is 0 Å². The van der Waals surface area contributed by atoms with Gasteiger partial charge in [-0.25, -0.2) is 9.59 Å². The molecule has 5 nitrogen and oxygen atoms in total. The second kappa shape index (κ2) is 7.22. The molecule has 116 valence electrons. The maximum absolute atomic E-state index is 11.2. The quantitative estimate of drug-likeness (QED) is 0.325. The molecule has 0 amide bonds. The molecule has 5 heteroatoms. The average Bonchev–Trinajstić information content (AvgIpc) is 3.27. The van der Waals surface area contributed by atoms with E-state index >= 15 is 0 Å². The van der Waals surface area contributed by atoms with Gasteiger partial charge in [-0.2, -0.15) is 0 Å². The number of ether oxygens (including phenoxy) is 3. The van der Waals surface area contributed by atoms with Crippen molar-refractivity contribution in [3.05, 3.63) is 37.0 Å². The molecule has 2 fully saturated rings. The van der Waals surface area contributed by atoms with Gasteiger partial charge < -0.3 is 14.2 Å². The Hall–Kier alpha value is -1.88. The molecule has 1 aliphatic carbocycles. The smallest absolute Gasteiger partial charge is 0.333 e.